The van der Waals surface area contributed by atoms with Crippen molar-refractivity contribution in [3.05, 3.63) is 0 Å². The van der Waals surface area contributed by atoms with Crippen LogP contribution in [0.15, 0.2) is 0 Å². The van der Waals surface area contributed by atoms with Gasteiger partial charge in [0.1, 0.15) is 0 Å². The summed E-state index contributed by atoms with van der Waals surface area (Å²) >= 11 is 0. The zero-order chi connectivity index (χ0) is 13.6. The van der Waals surface area contributed by atoms with Crippen LogP contribution >= 0.6 is 0 Å². The molecular weight excluding hydrogens is 242 g/mol. The molecule has 0 aromatic heterocycles. The lowest BCUT2D eigenvalue weighted by Gasteiger charge is -2.24. The number of carboxylic acids is 1. The summed E-state index contributed by atoms with van der Waals surface area (Å²) in [6.45, 7) is 3.09. The normalized spacial score (nSPS) is 40.3. The first-order valence-electron chi connectivity index (χ1n) is 7.61. The molecule has 3 unspecified atom stereocenters. The highest BCUT2D eigenvalue weighted by molar-refractivity contribution is 5.84. The number of hydrogen-bond acceptors (Lipinski definition) is 2. The average molecular weight is 265 g/mol. The Bertz CT molecular complexity index is 398. The quantitative estimate of drug-likeness (QED) is 0.847. The van der Waals surface area contributed by atoms with E-state index in [9.17, 15) is 14.7 Å². The largest absolute Gasteiger partial charge is 0.481 e. The molecule has 0 bridgehead atoms. The maximum Gasteiger partial charge on any atom is 0.311 e. The Morgan fingerprint density at radius 2 is 2.00 bits per heavy atom. The summed E-state index contributed by atoms with van der Waals surface area (Å²) in [5, 5.41) is 9.47. The van der Waals surface area contributed by atoms with Crippen LogP contribution in [0.1, 0.15) is 45.4 Å². The first-order valence-corrected chi connectivity index (χ1v) is 7.61. The lowest BCUT2D eigenvalue weighted by molar-refractivity contribution is -0.149. The Morgan fingerprint density at radius 1 is 1.32 bits per heavy atom. The molecule has 2 saturated carbocycles. The number of carboxylic acid groups (broad SMARTS) is 1. The van der Waals surface area contributed by atoms with Gasteiger partial charge in [-0.1, -0.05) is 19.8 Å². The van der Waals surface area contributed by atoms with E-state index in [0.29, 0.717) is 37.8 Å². The van der Waals surface area contributed by atoms with Crippen molar-refractivity contribution in [2.75, 3.05) is 13.1 Å². The van der Waals surface area contributed by atoms with E-state index in [2.05, 4.69) is 0 Å². The van der Waals surface area contributed by atoms with Gasteiger partial charge in [-0.3, -0.25) is 9.59 Å². The van der Waals surface area contributed by atoms with Crippen LogP contribution in [0.5, 0.6) is 0 Å². The lowest BCUT2D eigenvalue weighted by atomic mass is 9.83. The molecule has 1 aliphatic heterocycles. The van der Waals surface area contributed by atoms with Gasteiger partial charge in [-0.15, -0.1) is 0 Å². The van der Waals surface area contributed by atoms with Crippen molar-refractivity contribution in [3.8, 4) is 0 Å². The number of amides is 1. The van der Waals surface area contributed by atoms with E-state index in [1.165, 1.54) is 19.3 Å². The maximum atomic E-state index is 12.5. The van der Waals surface area contributed by atoms with Gasteiger partial charge in [-0.05, 0) is 37.5 Å². The molecule has 1 amide bonds. The molecule has 0 aromatic carbocycles. The van der Waals surface area contributed by atoms with Crippen molar-refractivity contribution in [1.82, 2.24) is 4.90 Å². The summed E-state index contributed by atoms with van der Waals surface area (Å²) in [6.07, 6.45) is 5.85. The van der Waals surface area contributed by atoms with E-state index in [1.54, 1.807) is 0 Å². The highest BCUT2D eigenvalue weighted by Gasteiger charge is 2.59. The molecule has 0 spiro atoms. The Labute approximate surface area is 114 Å². The predicted octanol–water partition coefficient (Wildman–Crippen LogP) is 2.14. The van der Waals surface area contributed by atoms with E-state index in [-0.39, 0.29) is 11.8 Å². The summed E-state index contributed by atoms with van der Waals surface area (Å²) in [6, 6.07) is 0. The van der Waals surface area contributed by atoms with Crippen LogP contribution in [0.25, 0.3) is 0 Å². The minimum absolute atomic E-state index is 0.236. The number of fused-ring (bicyclic) bond motifs is 1. The molecule has 3 rings (SSSR count). The Kier molecular flexibility index (Phi) is 3.06. The van der Waals surface area contributed by atoms with Crippen molar-refractivity contribution in [2.24, 2.45) is 23.2 Å². The second kappa shape index (κ2) is 4.50. The SMILES string of the molecule is CCCC1(C(=O)O)CCN(C(=O)C2C3CCCC32)C1. The van der Waals surface area contributed by atoms with Crippen molar-refractivity contribution in [2.45, 2.75) is 45.4 Å². The Morgan fingerprint density at radius 3 is 2.58 bits per heavy atom. The molecule has 0 radical (unpaired) electrons. The number of likely N-dealkylation sites (tertiary alicyclic amines) is 1. The topological polar surface area (TPSA) is 57.6 Å². The summed E-state index contributed by atoms with van der Waals surface area (Å²) < 4.78 is 0. The number of hydrogen-bond donors (Lipinski definition) is 1. The molecular formula is C15H23NO3. The van der Waals surface area contributed by atoms with E-state index in [4.69, 9.17) is 0 Å². The van der Waals surface area contributed by atoms with E-state index in [0.717, 1.165) is 6.42 Å². The zero-order valence-electron chi connectivity index (χ0n) is 11.6. The highest BCUT2D eigenvalue weighted by atomic mass is 16.4. The average Bonchev–Trinajstić information content (AvgIpc) is 2.80. The number of rotatable bonds is 4. The van der Waals surface area contributed by atoms with Gasteiger partial charge in [0, 0.05) is 19.0 Å². The predicted molar refractivity (Wildman–Crippen MR) is 70.5 cm³/mol. The highest BCUT2D eigenvalue weighted by Crippen LogP contribution is 2.58. The van der Waals surface area contributed by atoms with Gasteiger partial charge in [0.05, 0.1) is 5.41 Å². The van der Waals surface area contributed by atoms with Crippen LogP contribution in [-0.2, 0) is 9.59 Å². The molecule has 4 heteroatoms. The fourth-order valence-corrected chi connectivity index (χ4v) is 4.42. The number of aliphatic carboxylic acids is 1. The molecule has 3 aliphatic rings. The Hall–Kier alpha value is -1.06. The third kappa shape index (κ3) is 1.96. The van der Waals surface area contributed by atoms with Crippen molar-refractivity contribution in [3.63, 3.8) is 0 Å². The van der Waals surface area contributed by atoms with Gasteiger partial charge in [-0.25, -0.2) is 0 Å². The van der Waals surface area contributed by atoms with Gasteiger partial charge < -0.3 is 10.0 Å². The van der Waals surface area contributed by atoms with Crippen LogP contribution in [0.4, 0.5) is 0 Å². The van der Waals surface area contributed by atoms with Crippen LogP contribution in [0.3, 0.4) is 0 Å². The zero-order valence-corrected chi connectivity index (χ0v) is 11.6. The van der Waals surface area contributed by atoms with E-state index < -0.39 is 11.4 Å². The van der Waals surface area contributed by atoms with Crippen LogP contribution < -0.4 is 0 Å². The molecule has 1 saturated heterocycles. The first kappa shape index (κ1) is 12.9. The third-order valence-electron chi connectivity index (χ3n) is 5.54. The number of carbonyl (C=O) groups excluding carboxylic acids is 1. The number of carbonyl (C=O) groups is 2. The smallest absolute Gasteiger partial charge is 0.311 e. The summed E-state index contributed by atoms with van der Waals surface area (Å²) in [7, 11) is 0. The molecule has 3 fully saturated rings. The van der Waals surface area contributed by atoms with Crippen molar-refractivity contribution in [1.29, 1.82) is 0 Å². The van der Waals surface area contributed by atoms with Gasteiger partial charge in [-0.2, -0.15) is 0 Å². The summed E-state index contributed by atoms with van der Waals surface area (Å²) in [4.78, 5) is 25.8. The fourth-order valence-electron chi connectivity index (χ4n) is 4.42. The molecule has 1 heterocycles. The monoisotopic (exact) mass is 265 g/mol. The molecule has 106 valence electrons. The van der Waals surface area contributed by atoms with Gasteiger partial charge in [0.25, 0.3) is 0 Å². The van der Waals surface area contributed by atoms with Gasteiger partial charge >= 0.3 is 5.97 Å². The van der Waals surface area contributed by atoms with Crippen LogP contribution in [-0.4, -0.2) is 35.0 Å². The Balaban J connectivity index is 1.65. The fraction of sp³-hybridized carbons (Fsp3) is 0.867. The minimum atomic E-state index is -0.722. The molecule has 2 aliphatic carbocycles. The van der Waals surface area contributed by atoms with E-state index >= 15 is 0 Å². The van der Waals surface area contributed by atoms with Crippen LogP contribution in [0.2, 0.25) is 0 Å². The maximum absolute atomic E-state index is 12.5. The first-order chi connectivity index (χ1) is 9.09. The molecule has 4 nitrogen and oxygen atoms in total. The summed E-state index contributed by atoms with van der Waals surface area (Å²) in [5.74, 6) is 1.01. The molecule has 0 aromatic rings. The van der Waals surface area contributed by atoms with Gasteiger partial charge in [0.2, 0.25) is 5.91 Å². The molecule has 19 heavy (non-hydrogen) atoms. The second-order valence-corrected chi connectivity index (χ2v) is 6.63. The van der Waals surface area contributed by atoms with E-state index in [1.807, 2.05) is 11.8 Å². The molecule has 1 N–H and O–H groups in total. The molecule has 3 atom stereocenters. The van der Waals surface area contributed by atoms with Gasteiger partial charge in [0.15, 0.2) is 0 Å². The second-order valence-electron chi connectivity index (χ2n) is 6.63. The van der Waals surface area contributed by atoms with Crippen LogP contribution in [0, 0.1) is 23.2 Å². The summed E-state index contributed by atoms with van der Waals surface area (Å²) in [5.41, 5.74) is -0.672. The van der Waals surface area contributed by atoms with Crippen molar-refractivity contribution < 1.29 is 14.7 Å². The number of nitrogens with zero attached hydrogens (tertiary/aromatic N) is 1. The standard InChI is InChI=1S/C15H23NO3/c1-2-6-15(14(18)19)7-8-16(9-15)13(17)12-10-4-3-5-11(10)12/h10-12H,2-9H2,1H3,(H,18,19). The lowest BCUT2D eigenvalue weighted by Crippen LogP contribution is -2.38. The minimum Gasteiger partial charge on any atom is -0.481 e. The third-order valence-corrected chi connectivity index (χ3v) is 5.54. The van der Waals surface area contributed by atoms with Crippen molar-refractivity contribution >= 4 is 11.9 Å².